The van der Waals surface area contributed by atoms with Crippen molar-refractivity contribution in [2.75, 3.05) is 27.9 Å². The Labute approximate surface area is 200 Å². The number of fused-ring (bicyclic) bond motifs is 4. The molecule has 0 unspecified atom stereocenters. The zero-order chi connectivity index (χ0) is 24.5. The number of ether oxygens (including phenoxy) is 3. The summed E-state index contributed by atoms with van der Waals surface area (Å²) in [4.78, 5) is 26.5. The Morgan fingerprint density at radius 3 is 2.49 bits per heavy atom. The van der Waals surface area contributed by atoms with Gasteiger partial charge < -0.3 is 14.2 Å². The molecule has 3 aromatic heterocycles. The Bertz CT molecular complexity index is 1650. The number of nitrogens with zero attached hydrogens (tertiary/aromatic N) is 5. The van der Waals surface area contributed by atoms with Crippen LogP contribution in [0.25, 0.3) is 33.2 Å². The summed E-state index contributed by atoms with van der Waals surface area (Å²) in [6, 6.07) is 13.1. The Morgan fingerprint density at radius 2 is 1.77 bits per heavy atom. The normalized spacial score (nSPS) is 11.8. The third kappa shape index (κ3) is 3.87. The molecule has 10 heteroatoms. The van der Waals surface area contributed by atoms with E-state index in [0.717, 1.165) is 5.56 Å². The van der Waals surface area contributed by atoms with Crippen LogP contribution < -0.4 is 20.0 Å². The van der Waals surface area contributed by atoms with Crippen LogP contribution in [0.15, 0.2) is 52.4 Å². The van der Waals surface area contributed by atoms with Gasteiger partial charge in [-0.1, -0.05) is 12.1 Å². The van der Waals surface area contributed by atoms with Crippen molar-refractivity contribution in [2.24, 2.45) is 5.10 Å². The van der Waals surface area contributed by atoms with Crippen molar-refractivity contribution in [1.29, 1.82) is 0 Å². The molecule has 0 radical (unpaired) electrons. The highest BCUT2D eigenvalue weighted by molar-refractivity contribution is 6.03. The van der Waals surface area contributed by atoms with Crippen molar-refractivity contribution in [3.8, 4) is 11.5 Å². The number of aromatic nitrogens is 5. The molecule has 10 nitrogen and oxygen atoms in total. The fourth-order valence-corrected chi connectivity index (χ4v) is 4.10. The van der Waals surface area contributed by atoms with Gasteiger partial charge in [0.25, 0.3) is 5.65 Å². The Morgan fingerprint density at radius 1 is 1.03 bits per heavy atom. The number of methoxy groups -OCH3 is 3. The highest BCUT2D eigenvalue weighted by atomic mass is 16.5. The van der Waals surface area contributed by atoms with Crippen LogP contribution in [-0.4, -0.2) is 53.4 Å². The minimum atomic E-state index is -0.178. The molecule has 0 aliphatic carbocycles. The van der Waals surface area contributed by atoms with Gasteiger partial charge in [0.05, 0.1) is 44.6 Å². The minimum absolute atomic E-state index is 0.178. The molecule has 1 N–H and O–H groups in total. The summed E-state index contributed by atoms with van der Waals surface area (Å²) in [5.74, 6) is 1.89. The van der Waals surface area contributed by atoms with Crippen molar-refractivity contribution < 1.29 is 19.2 Å². The molecule has 5 aromatic rings. The van der Waals surface area contributed by atoms with Crippen molar-refractivity contribution in [3.05, 3.63) is 64.2 Å². The van der Waals surface area contributed by atoms with Crippen LogP contribution in [-0.2, 0) is 11.3 Å². The van der Waals surface area contributed by atoms with Gasteiger partial charge >= 0.3 is 5.56 Å². The molecule has 0 aliphatic heterocycles. The van der Waals surface area contributed by atoms with Gasteiger partial charge in [-0.3, -0.25) is 0 Å². The summed E-state index contributed by atoms with van der Waals surface area (Å²) in [5, 5.41) is 5.11. The highest BCUT2D eigenvalue weighted by Gasteiger charge is 2.26. The third-order valence-electron chi connectivity index (χ3n) is 5.85. The number of H-pyrrole nitrogens is 1. The molecule has 0 saturated heterocycles. The highest BCUT2D eigenvalue weighted by Crippen LogP contribution is 2.27. The largest absolute Gasteiger partial charge is 0.493 e. The first-order chi connectivity index (χ1) is 17.0. The first-order valence-corrected chi connectivity index (χ1v) is 11.0. The molecular weight excluding hydrogens is 448 g/mol. The van der Waals surface area contributed by atoms with Crippen LogP contribution in [0.1, 0.15) is 11.4 Å². The number of benzene rings is 2. The summed E-state index contributed by atoms with van der Waals surface area (Å²) in [6.07, 6.45) is 1.68. The zero-order valence-corrected chi connectivity index (χ0v) is 19.9. The van der Waals surface area contributed by atoms with Gasteiger partial charge in [0.2, 0.25) is 11.5 Å². The molecule has 0 fully saturated rings. The first kappa shape index (κ1) is 22.5. The van der Waals surface area contributed by atoms with Crippen molar-refractivity contribution in [2.45, 2.75) is 13.5 Å². The maximum Gasteiger partial charge on any atom is 0.323 e. The van der Waals surface area contributed by atoms with Gasteiger partial charge in [-0.05, 0) is 35.9 Å². The van der Waals surface area contributed by atoms with E-state index in [-0.39, 0.29) is 5.56 Å². The van der Waals surface area contributed by atoms with E-state index in [1.54, 1.807) is 36.8 Å². The molecule has 0 amide bonds. The van der Waals surface area contributed by atoms with E-state index in [1.165, 1.54) is 0 Å². The fraction of sp³-hybridized carbons (Fsp3) is 0.240. The van der Waals surface area contributed by atoms with Crippen molar-refractivity contribution in [3.63, 3.8) is 0 Å². The van der Waals surface area contributed by atoms with Crippen LogP contribution in [0.4, 0.5) is 0 Å². The van der Waals surface area contributed by atoms with Crippen LogP contribution in [0.2, 0.25) is 0 Å². The van der Waals surface area contributed by atoms with Crippen molar-refractivity contribution >= 4 is 39.4 Å². The monoisotopic (exact) mass is 473 g/mol. The molecule has 2 aromatic carbocycles. The zero-order valence-electron chi connectivity index (χ0n) is 19.9. The summed E-state index contributed by atoms with van der Waals surface area (Å²) in [6.45, 7) is 2.66. The Hall–Kier alpha value is -4.31. The van der Waals surface area contributed by atoms with E-state index < -0.39 is 0 Å². The molecule has 0 atom stereocenters. The number of aromatic amines is 1. The predicted octanol–water partition coefficient (Wildman–Crippen LogP) is 2.57. The Kier molecular flexibility index (Phi) is 5.87. The number of rotatable bonds is 7. The molecule has 178 valence electrons. The summed E-state index contributed by atoms with van der Waals surface area (Å²) in [7, 11) is 4.78. The molecule has 3 heterocycles. The van der Waals surface area contributed by atoms with Crippen LogP contribution >= 0.6 is 0 Å². The molecule has 0 saturated carbocycles. The smallest absolute Gasteiger partial charge is 0.323 e. The molecule has 0 bridgehead atoms. The SMILES string of the molecule is COCCn1c(C)[nH+]c2c(c1=O)c1nc3ccccc3nc1n2/N=C/c1ccc(OC)c(OC)c1. The van der Waals surface area contributed by atoms with Crippen LogP contribution in [0.3, 0.4) is 0 Å². The standard InChI is InChI=1S/C25H24N6O4/c1-15-27-23-21(25(32)30(15)11-12-33-2)22-24(29-18-8-6-5-7-17(18)28-22)31(23)26-14-16-9-10-19(34-3)20(13-16)35-4/h5-10,13-14H,11-12H2,1-4H3/p+1/b26-14+. The lowest BCUT2D eigenvalue weighted by atomic mass is 10.2. The lowest BCUT2D eigenvalue weighted by Gasteiger charge is -2.07. The van der Waals surface area contributed by atoms with Gasteiger partial charge in [-0.25, -0.2) is 24.3 Å². The molecular formula is C25H25N6O4+. The average molecular weight is 474 g/mol. The quantitative estimate of drug-likeness (QED) is 0.336. The minimum Gasteiger partial charge on any atom is -0.493 e. The Balaban J connectivity index is 1.78. The lowest BCUT2D eigenvalue weighted by Crippen LogP contribution is -2.32. The van der Waals surface area contributed by atoms with Crippen molar-refractivity contribution in [1.82, 2.24) is 19.2 Å². The average Bonchev–Trinajstić information content (AvgIpc) is 3.17. The predicted molar refractivity (Wildman–Crippen MR) is 133 cm³/mol. The molecule has 5 rings (SSSR count). The second kappa shape index (κ2) is 9.15. The number of nitrogens with one attached hydrogen (secondary N) is 1. The maximum absolute atomic E-state index is 13.6. The van der Waals surface area contributed by atoms with Gasteiger partial charge in [0.15, 0.2) is 16.9 Å². The van der Waals surface area contributed by atoms with Crippen LogP contribution in [0, 0.1) is 6.92 Å². The summed E-state index contributed by atoms with van der Waals surface area (Å²) in [5.41, 5.74) is 3.50. The van der Waals surface area contributed by atoms with Crippen LogP contribution in [0.5, 0.6) is 11.5 Å². The van der Waals surface area contributed by atoms with E-state index in [1.807, 2.05) is 49.4 Å². The second-order valence-corrected chi connectivity index (χ2v) is 7.94. The van der Waals surface area contributed by atoms with E-state index in [2.05, 4.69) is 4.98 Å². The molecule has 0 spiro atoms. The van der Waals surface area contributed by atoms with Gasteiger partial charge in [-0.2, -0.15) is 0 Å². The lowest BCUT2D eigenvalue weighted by molar-refractivity contribution is -0.368. The number of aryl methyl sites for hydroxylation is 1. The van der Waals surface area contributed by atoms with Gasteiger partial charge in [0.1, 0.15) is 5.52 Å². The van der Waals surface area contributed by atoms with E-state index in [0.29, 0.717) is 63.7 Å². The number of hydrogen-bond donors (Lipinski definition) is 0. The molecule has 35 heavy (non-hydrogen) atoms. The van der Waals surface area contributed by atoms with Gasteiger partial charge in [-0.15, -0.1) is 9.78 Å². The topological polar surface area (TPSA) is 107 Å². The number of para-hydroxylation sites is 2. The fourth-order valence-electron chi connectivity index (χ4n) is 4.10. The van der Waals surface area contributed by atoms with Gasteiger partial charge in [0, 0.05) is 14.0 Å². The summed E-state index contributed by atoms with van der Waals surface area (Å²) < 4.78 is 19.2. The summed E-state index contributed by atoms with van der Waals surface area (Å²) >= 11 is 0. The van der Waals surface area contributed by atoms with E-state index in [4.69, 9.17) is 29.3 Å². The maximum atomic E-state index is 13.6. The van der Waals surface area contributed by atoms with E-state index >= 15 is 0 Å². The number of hydrogen-bond acceptors (Lipinski definition) is 7. The molecule has 0 aliphatic rings. The second-order valence-electron chi connectivity index (χ2n) is 7.94. The first-order valence-electron chi connectivity index (χ1n) is 11.0. The third-order valence-corrected chi connectivity index (χ3v) is 5.85. The van der Waals surface area contributed by atoms with E-state index in [9.17, 15) is 4.79 Å².